The van der Waals surface area contributed by atoms with Gasteiger partial charge in [0.1, 0.15) is 5.82 Å². The van der Waals surface area contributed by atoms with Gasteiger partial charge in [-0.2, -0.15) is 4.98 Å². The van der Waals surface area contributed by atoms with E-state index in [1.807, 2.05) is 6.07 Å². The largest absolute Gasteiger partial charge is 0.468 e. The maximum Gasteiger partial charge on any atom is 0.294 e. The molecule has 0 unspecified atom stereocenters. The first-order valence-corrected chi connectivity index (χ1v) is 11.8. The zero-order valence-electron chi connectivity index (χ0n) is 19.8. The molecule has 8 heteroatoms. The van der Waals surface area contributed by atoms with Crippen molar-refractivity contribution in [2.75, 3.05) is 19.0 Å². The zero-order chi connectivity index (χ0) is 23.8. The van der Waals surface area contributed by atoms with Crippen LogP contribution in [0.5, 0.6) is 6.01 Å². The number of methoxy groups -OCH3 is 1. The standard InChI is InChI=1S/C27H27N7O/c1-16-3-7-19-22(13-16)30-25(29-19)10-6-17-4-8-20-23(14-17)32-26(31-20)28-12-11-18-5-9-21-24(15-18)34-27(33-21)35-2/h3-5,7-9,13-15H,6,10-12H2,1-2H3,(H,29,30)(H,33,34)(H2,28,31,32). The van der Waals surface area contributed by atoms with Crippen LogP contribution in [0.3, 0.4) is 0 Å². The molecule has 6 aromatic rings. The Kier molecular flexibility index (Phi) is 5.33. The zero-order valence-corrected chi connectivity index (χ0v) is 19.8. The summed E-state index contributed by atoms with van der Waals surface area (Å²) in [6.45, 7) is 2.87. The van der Waals surface area contributed by atoms with Crippen molar-refractivity contribution in [1.29, 1.82) is 0 Å². The molecule has 0 saturated heterocycles. The predicted molar refractivity (Wildman–Crippen MR) is 139 cm³/mol. The monoisotopic (exact) mass is 465 g/mol. The Morgan fingerprint density at radius 3 is 2.23 bits per heavy atom. The second-order valence-corrected chi connectivity index (χ2v) is 8.92. The van der Waals surface area contributed by atoms with Crippen molar-refractivity contribution in [2.24, 2.45) is 0 Å². The summed E-state index contributed by atoms with van der Waals surface area (Å²) in [5.74, 6) is 1.80. The molecule has 0 amide bonds. The van der Waals surface area contributed by atoms with Crippen LogP contribution in [-0.2, 0) is 19.3 Å². The van der Waals surface area contributed by atoms with Gasteiger partial charge >= 0.3 is 0 Å². The molecule has 0 aliphatic heterocycles. The second-order valence-electron chi connectivity index (χ2n) is 8.92. The quantitative estimate of drug-likeness (QED) is 0.251. The van der Waals surface area contributed by atoms with E-state index < -0.39 is 0 Å². The van der Waals surface area contributed by atoms with Crippen molar-refractivity contribution < 1.29 is 4.74 Å². The number of anilines is 1. The molecule has 0 aliphatic rings. The van der Waals surface area contributed by atoms with E-state index in [-0.39, 0.29) is 0 Å². The Morgan fingerprint density at radius 1 is 0.714 bits per heavy atom. The molecule has 3 aromatic heterocycles. The summed E-state index contributed by atoms with van der Waals surface area (Å²) in [7, 11) is 1.61. The van der Waals surface area contributed by atoms with Crippen LogP contribution in [0.4, 0.5) is 5.95 Å². The molecule has 4 N–H and O–H groups in total. The fourth-order valence-electron chi connectivity index (χ4n) is 4.46. The first-order valence-electron chi connectivity index (χ1n) is 11.8. The number of H-pyrrole nitrogens is 3. The summed E-state index contributed by atoms with van der Waals surface area (Å²) in [4.78, 5) is 23.8. The lowest BCUT2D eigenvalue weighted by molar-refractivity contribution is 0.386. The SMILES string of the molecule is COc1nc2ccc(CCNc3nc4ccc(CCc5nc6ccc(C)cc6[nH]5)cc4[nH]3)cc2[nH]1. The van der Waals surface area contributed by atoms with Gasteiger partial charge in [0, 0.05) is 13.0 Å². The highest BCUT2D eigenvalue weighted by atomic mass is 16.5. The first kappa shape index (κ1) is 21.2. The average molecular weight is 466 g/mol. The number of aromatic amines is 3. The molecule has 35 heavy (non-hydrogen) atoms. The van der Waals surface area contributed by atoms with E-state index in [0.717, 1.165) is 70.7 Å². The molecule has 0 fully saturated rings. The number of hydrogen-bond donors (Lipinski definition) is 4. The summed E-state index contributed by atoms with van der Waals surface area (Å²) >= 11 is 0. The van der Waals surface area contributed by atoms with Crippen LogP contribution in [0.1, 0.15) is 22.5 Å². The Morgan fingerprint density at radius 2 is 1.40 bits per heavy atom. The number of nitrogens with zero attached hydrogens (tertiary/aromatic N) is 3. The number of ether oxygens (including phenoxy) is 1. The maximum atomic E-state index is 5.17. The molecule has 176 valence electrons. The van der Waals surface area contributed by atoms with Gasteiger partial charge in [-0.15, -0.1) is 0 Å². The van der Waals surface area contributed by atoms with Gasteiger partial charge in [-0.25, -0.2) is 9.97 Å². The van der Waals surface area contributed by atoms with Gasteiger partial charge in [0.15, 0.2) is 0 Å². The third kappa shape index (κ3) is 4.42. The van der Waals surface area contributed by atoms with Gasteiger partial charge in [-0.05, 0) is 72.9 Å². The van der Waals surface area contributed by atoms with Crippen LogP contribution in [0.15, 0.2) is 54.6 Å². The summed E-state index contributed by atoms with van der Waals surface area (Å²) in [6, 6.07) is 19.5. The Bertz CT molecular complexity index is 1640. The molecule has 3 aromatic carbocycles. The van der Waals surface area contributed by atoms with Gasteiger partial charge in [-0.3, -0.25) is 0 Å². The minimum absolute atomic E-state index is 0.532. The minimum Gasteiger partial charge on any atom is -0.468 e. The van der Waals surface area contributed by atoms with Crippen molar-refractivity contribution in [3.05, 3.63) is 77.1 Å². The number of aryl methyl sites for hydroxylation is 3. The second kappa shape index (κ2) is 8.79. The van der Waals surface area contributed by atoms with Crippen LogP contribution < -0.4 is 10.1 Å². The highest BCUT2D eigenvalue weighted by Gasteiger charge is 2.08. The Labute approximate surface area is 202 Å². The number of benzene rings is 3. The molecule has 0 aliphatic carbocycles. The van der Waals surface area contributed by atoms with E-state index in [0.29, 0.717) is 6.01 Å². The number of fused-ring (bicyclic) bond motifs is 3. The molecule has 8 nitrogen and oxygen atoms in total. The van der Waals surface area contributed by atoms with Crippen LogP contribution in [0, 0.1) is 6.92 Å². The molecular weight excluding hydrogens is 438 g/mol. The van der Waals surface area contributed by atoms with E-state index >= 15 is 0 Å². The fraction of sp³-hybridized carbons (Fsp3) is 0.222. The lowest BCUT2D eigenvalue weighted by atomic mass is 10.1. The predicted octanol–water partition coefficient (Wildman–Crippen LogP) is 5.07. The van der Waals surface area contributed by atoms with E-state index in [4.69, 9.17) is 9.72 Å². The molecular formula is C27H27N7O. The minimum atomic E-state index is 0.532. The molecule has 0 atom stereocenters. The van der Waals surface area contributed by atoms with Crippen molar-refractivity contribution in [3.63, 3.8) is 0 Å². The van der Waals surface area contributed by atoms with E-state index in [2.05, 4.69) is 85.7 Å². The van der Waals surface area contributed by atoms with Gasteiger partial charge < -0.3 is 25.0 Å². The first-order chi connectivity index (χ1) is 17.1. The average Bonchev–Trinajstić information content (AvgIpc) is 3.57. The van der Waals surface area contributed by atoms with E-state index in [9.17, 15) is 0 Å². The fourth-order valence-corrected chi connectivity index (χ4v) is 4.46. The number of nitrogens with one attached hydrogen (secondary N) is 4. The highest BCUT2D eigenvalue weighted by molar-refractivity contribution is 5.79. The van der Waals surface area contributed by atoms with Crippen LogP contribution in [-0.4, -0.2) is 43.6 Å². The van der Waals surface area contributed by atoms with Crippen molar-refractivity contribution in [2.45, 2.75) is 26.2 Å². The lowest BCUT2D eigenvalue weighted by Crippen LogP contribution is -2.05. The molecule has 0 bridgehead atoms. The van der Waals surface area contributed by atoms with Crippen molar-refractivity contribution in [3.8, 4) is 6.01 Å². The van der Waals surface area contributed by atoms with Crippen molar-refractivity contribution >= 4 is 39.0 Å². The third-order valence-corrected chi connectivity index (χ3v) is 6.31. The van der Waals surface area contributed by atoms with Gasteiger partial charge in [0.25, 0.3) is 6.01 Å². The van der Waals surface area contributed by atoms with Gasteiger partial charge in [-0.1, -0.05) is 18.2 Å². The third-order valence-electron chi connectivity index (χ3n) is 6.31. The van der Waals surface area contributed by atoms with Crippen LogP contribution in [0.25, 0.3) is 33.1 Å². The molecule has 3 heterocycles. The smallest absolute Gasteiger partial charge is 0.294 e. The number of hydrogen-bond acceptors (Lipinski definition) is 5. The summed E-state index contributed by atoms with van der Waals surface area (Å²) in [5, 5.41) is 3.41. The van der Waals surface area contributed by atoms with Gasteiger partial charge in [0.2, 0.25) is 5.95 Å². The van der Waals surface area contributed by atoms with E-state index in [1.165, 1.54) is 16.7 Å². The molecule has 0 radical (unpaired) electrons. The molecule has 6 rings (SSSR count). The summed E-state index contributed by atoms with van der Waals surface area (Å²) in [5.41, 5.74) is 9.72. The summed E-state index contributed by atoms with van der Waals surface area (Å²) < 4.78 is 5.17. The maximum absolute atomic E-state index is 5.17. The molecule has 0 saturated carbocycles. The molecule has 0 spiro atoms. The van der Waals surface area contributed by atoms with Crippen LogP contribution in [0.2, 0.25) is 0 Å². The van der Waals surface area contributed by atoms with Crippen molar-refractivity contribution in [1.82, 2.24) is 29.9 Å². The normalized spacial score (nSPS) is 11.6. The Balaban J connectivity index is 1.08. The highest BCUT2D eigenvalue weighted by Crippen LogP contribution is 2.20. The van der Waals surface area contributed by atoms with Gasteiger partial charge in [0.05, 0.1) is 40.2 Å². The lowest BCUT2D eigenvalue weighted by Gasteiger charge is -2.03. The topological polar surface area (TPSA) is 107 Å². The number of imidazole rings is 3. The van der Waals surface area contributed by atoms with E-state index in [1.54, 1.807) is 7.11 Å². The number of rotatable bonds is 8. The van der Waals surface area contributed by atoms with Crippen LogP contribution >= 0.6 is 0 Å². The summed E-state index contributed by atoms with van der Waals surface area (Å²) in [6.07, 6.45) is 2.65. The number of aromatic nitrogens is 6. The Hall–Kier alpha value is -4.33.